The van der Waals surface area contributed by atoms with Crippen LogP contribution in [0.25, 0.3) is 0 Å². The van der Waals surface area contributed by atoms with E-state index >= 15 is 0 Å². The van der Waals surface area contributed by atoms with Crippen molar-refractivity contribution in [2.24, 2.45) is 0 Å². The molecule has 1 N–H and O–H groups in total. The minimum absolute atomic E-state index is 0.146. The van der Waals surface area contributed by atoms with Crippen molar-refractivity contribution in [2.45, 2.75) is 24.5 Å². The van der Waals surface area contributed by atoms with Gasteiger partial charge in [-0.1, -0.05) is 30.3 Å². The lowest BCUT2D eigenvalue weighted by Crippen LogP contribution is -2.50. The van der Waals surface area contributed by atoms with Crippen LogP contribution in [0.1, 0.15) is 11.1 Å². The molecule has 8 nitrogen and oxygen atoms in total. The smallest absolute Gasteiger partial charge is 0.264 e. The molecule has 0 saturated heterocycles. The first-order chi connectivity index (χ1) is 16.3. The average Bonchev–Trinajstić information content (AvgIpc) is 2.86. The van der Waals surface area contributed by atoms with Gasteiger partial charge in [-0.2, -0.15) is 0 Å². The molecule has 4 rings (SSSR count). The fourth-order valence-corrected chi connectivity index (χ4v) is 5.24. The number of carbonyl (C=O) groups excluding carboxylic acids is 1. The monoisotopic (exact) mass is 482 g/mol. The standard InChI is InChI=1S/C25H26N2O6S/c1-17-9-11-20-22(13-17)33-24(16-27(20)34(29,30)19-7-5-4-6-8-19)25(28)26-15-18-10-12-21(31-2)23(14-18)32-3/h4-14,24H,15-16H2,1-3H3,(H,26,28)/t24-/m0/s1. The van der Waals surface area contributed by atoms with Gasteiger partial charge in [-0.25, -0.2) is 8.42 Å². The predicted octanol–water partition coefficient (Wildman–Crippen LogP) is 3.28. The summed E-state index contributed by atoms with van der Waals surface area (Å²) in [5, 5.41) is 2.83. The van der Waals surface area contributed by atoms with Crippen molar-refractivity contribution >= 4 is 21.6 Å². The predicted molar refractivity (Wildman–Crippen MR) is 128 cm³/mol. The number of rotatable bonds is 7. The number of anilines is 1. The van der Waals surface area contributed by atoms with E-state index in [-0.39, 0.29) is 18.0 Å². The molecule has 178 valence electrons. The summed E-state index contributed by atoms with van der Waals surface area (Å²) in [5.41, 5.74) is 2.09. The number of amides is 1. The summed E-state index contributed by atoms with van der Waals surface area (Å²) in [4.78, 5) is 13.2. The van der Waals surface area contributed by atoms with E-state index in [0.717, 1.165) is 11.1 Å². The molecule has 0 aromatic heterocycles. The molecule has 9 heteroatoms. The quantitative estimate of drug-likeness (QED) is 0.556. The van der Waals surface area contributed by atoms with Gasteiger partial charge in [-0.3, -0.25) is 9.10 Å². The molecule has 34 heavy (non-hydrogen) atoms. The van der Waals surface area contributed by atoms with E-state index in [1.165, 1.54) is 23.5 Å². The third-order valence-corrected chi connectivity index (χ3v) is 7.32. The van der Waals surface area contributed by atoms with Crippen LogP contribution in [0.15, 0.2) is 71.6 Å². The molecule has 0 saturated carbocycles. The molecule has 0 fully saturated rings. The largest absolute Gasteiger partial charge is 0.493 e. The van der Waals surface area contributed by atoms with Crippen molar-refractivity contribution in [3.63, 3.8) is 0 Å². The Balaban J connectivity index is 1.58. The van der Waals surface area contributed by atoms with E-state index in [1.54, 1.807) is 49.6 Å². The maximum Gasteiger partial charge on any atom is 0.264 e. The van der Waals surface area contributed by atoms with E-state index in [1.807, 2.05) is 19.1 Å². The van der Waals surface area contributed by atoms with Crippen LogP contribution in [0, 0.1) is 6.92 Å². The van der Waals surface area contributed by atoms with Crippen LogP contribution >= 0.6 is 0 Å². The molecule has 0 bridgehead atoms. The third kappa shape index (κ3) is 4.65. The van der Waals surface area contributed by atoms with Gasteiger partial charge in [-0.05, 0) is 54.4 Å². The summed E-state index contributed by atoms with van der Waals surface area (Å²) >= 11 is 0. The molecule has 1 aliphatic heterocycles. The molecular weight excluding hydrogens is 456 g/mol. The first-order valence-corrected chi connectivity index (χ1v) is 12.1. The SMILES string of the molecule is COc1ccc(CNC(=O)[C@@H]2CN(S(=O)(=O)c3ccccc3)c3ccc(C)cc3O2)cc1OC. The van der Waals surface area contributed by atoms with Gasteiger partial charge in [-0.15, -0.1) is 0 Å². The van der Waals surface area contributed by atoms with Gasteiger partial charge < -0.3 is 19.5 Å². The van der Waals surface area contributed by atoms with Crippen LogP contribution in [0.5, 0.6) is 17.2 Å². The van der Waals surface area contributed by atoms with Crippen molar-refractivity contribution in [1.82, 2.24) is 5.32 Å². The fourth-order valence-electron chi connectivity index (χ4n) is 3.74. The van der Waals surface area contributed by atoms with Gasteiger partial charge in [0.2, 0.25) is 0 Å². The molecule has 0 radical (unpaired) electrons. The molecule has 1 amide bonds. The van der Waals surface area contributed by atoms with Gasteiger partial charge in [0.1, 0.15) is 5.75 Å². The number of nitrogens with one attached hydrogen (secondary N) is 1. The lowest BCUT2D eigenvalue weighted by Gasteiger charge is -2.35. The molecule has 1 aliphatic rings. The number of benzene rings is 3. The van der Waals surface area contributed by atoms with Crippen molar-refractivity contribution in [3.05, 3.63) is 77.9 Å². The lowest BCUT2D eigenvalue weighted by atomic mass is 10.1. The van der Waals surface area contributed by atoms with Gasteiger partial charge in [0, 0.05) is 6.54 Å². The number of ether oxygens (including phenoxy) is 3. The molecule has 0 spiro atoms. The Hall–Kier alpha value is -3.72. The first-order valence-electron chi connectivity index (χ1n) is 10.7. The normalized spacial score (nSPS) is 15.1. The van der Waals surface area contributed by atoms with Crippen molar-refractivity contribution in [3.8, 4) is 17.2 Å². The highest BCUT2D eigenvalue weighted by Gasteiger charge is 2.37. The van der Waals surface area contributed by atoms with Crippen LogP contribution in [-0.2, 0) is 21.4 Å². The van der Waals surface area contributed by atoms with E-state index in [4.69, 9.17) is 14.2 Å². The van der Waals surface area contributed by atoms with Crippen molar-refractivity contribution < 1.29 is 27.4 Å². The van der Waals surface area contributed by atoms with Gasteiger partial charge in [0.15, 0.2) is 17.6 Å². The highest BCUT2D eigenvalue weighted by Crippen LogP contribution is 2.37. The van der Waals surface area contributed by atoms with Crippen molar-refractivity contribution in [2.75, 3.05) is 25.1 Å². The number of hydrogen-bond donors (Lipinski definition) is 1. The Kier molecular flexibility index (Phi) is 6.65. The summed E-state index contributed by atoms with van der Waals surface area (Å²) < 4.78 is 44.6. The van der Waals surface area contributed by atoms with Gasteiger partial charge >= 0.3 is 0 Å². The van der Waals surface area contributed by atoms with Crippen LogP contribution in [0.3, 0.4) is 0 Å². The molecule has 0 unspecified atom stereocenters. The van der Waals surface area contributed by atoms with Crippen LogP contribution in [0.2, 0.25) is 0 Å². The highest BCUT2D eigenvalue weighted by atomic mass is 32.2. The maximum absolute atomic E-state index is 13.4. The van der Waals surface area contributed by atoms with Gasteiger partial charge in [0.05, 0.1) is 31.3 Å². The zero-order valence-electron chi connectivity index (χ0n) is 19.1. The van der Waals surface area contributed by atoms with Gasteiger partial charge in [0.25, 0.3) is 15.9 Å². The number of nitrogens with zero attached hydrogens (tertiary/aromatic N) is 1. The first kappa shape index (κ1) is 23.4. The highest BCUT2D eigenvalue weighted by molar-refractivity contribution is 7.92. The summed E-state index contributed by atoms with van der Waals surface area (Å²) in [7, 11) is -0.807. The van der Waals surface area contributed by atoms with Crippen molar-refractivity contribution in [1.29, 1.82) is 0 Å². The third-order valence-electron chi connectivity index (χ3n) is 5.52. The number of carbonyl (C=O) groups is 1. The number of hydrogen-bond acceptors (Lipinski definition) is 6. The van der Waals surface area contributed by atoms with E-state index in [0.29, 0.717) is 22.9 Å². The van der Waals surface area contributed by atoms with Crippen LogP contribution < -0.4 is 23.8 Å². The summed E-state index contributed by atoms with van der Waals surface area (Å²) in [6.07, 6.45) is -1.02. The minimum Gasteiger partial charge on any atom is -0.493 e. The molecule has 3 aromatic carbocycles. The Morgan fingerprint density at radius 3 is 2.47 bits per heavy atom. The molecule has 3 aromatic rings. The number of fused-ring (bicyclic) bond motifs is 1. The Labute approximate surface area is 199 Å². The van der Waals surface area contributed by atoms with E-state index in [9.17, 15) is 13.2 Å². The molecule has 0 aliphatic carbocycles. The molecule has 1 heterocycles. The molecular formula is C25H26N2O6S. The van der Waals surface area contributed by atoms with E-state index < -0.39 is 22.0 Å². The second-order valence-corrected chi connectivity index (χ2v) is 9.70. The Bertz CT molecular complexity index is 1290. The summed E-state index contributed by atoms with van der Waals surface area (Å²) in [6, 6.07) is 18.7. The topological polar surface area (TPSA) is 94.2 Å². The fraction of sp³-hybridized carbons (Fsp3) is 0.240. The van der Waals surface area contributed by atoms with Crippen LogP contribution in [-0.4, -0.2) is 41.2 Å². The number of methoxy groups -OCH3 is 2. The van der Waals surface area contributed by atoms with E-state index in [2.05, 4.69) is 5.32 Å². The number of aryl methyl sites for hydroxylation is 1. The minimum atomic E-state index is -3.90. The second kappa shape index (κ2) is 9.64. The zero-order valence-corrected chi connectivity index (χ0v) is 20.0. The summed E-state index contributed by atoms with van der Waals surface area (Å²) in [5.74, 6) is 1.06. The second-order valence-electron chi connectivity index (χ2n) is 7.83. The maximum atomic E-state index is 13.4. The number of sulfonamides is 1. The Morgan fingerprint density at radius 2 is 1.76 bits per heavy atom. The average molecular weight is 483 g/mol. The van der Waals surface area contributed by atoms with Crippen LogP contribution in [0.4, 0.5) is 5.69 Å². The molecule has 1 atom stereocenters. The lowest BCUT2D eigenvalue weighted by molar-refractivity contribution is -0.127. The zero-order chi connectivity index (χ0) is 24.3. The summed E-state index contributed by atoms with van der Waals surface area (Å²) in [6.45, 7) is 1.94. The Morgan fingerprint density at radius 1 is 1.03 bits per heavy atom.